The van der Waals surface area contributed by atoms with Crippen molar-refractivity contribution in [1.29, 1.82) is 0 Å². The molecule has 0 aliphatic carbocycles. The van der Waals surface area contributed by atoms with Crippen LogP contribution in [0.1, 0.15) is 5.56 Å². The van der Waals surface area contributed by atoms with Gasteiger partial charge >= 0.3 is 5.69 Å². The number of halogens is 2. The number of para-hydroxylation sites is 2. The highest BCUT2D eigenvalue weighted by Gasteiger charge is 2.20. The maximum atomic E-state index is 13.6. The van der Waals surface area contributed by atoms with Gasteiger partial charge in [-0.25, -0.2) is 4.39 Å². The lowest BCUT2D eigenvalue weighted by molar-refractivity contribution is -0.386. The highest BCUT2D eigenvalue weighted by molar-refractivity contribution is 5.71. The fraction of sp³-hybridized carbons (Fsp3) is 0.0769. The second-order valence-electron chi connectivity index (χ2n) is 3.95. The maximum Gasteiger partial charge on any atom is 0.327 e. The lowest BCUT2D eigenvalue weighted by Gasteiger charge is -2.10. The molecular formula is C13H10F2N2O2. The Morgan fingerprint density at radius 2 is 1.74 bits per heavy atom. The molecule has 0 saturated carbocycles. The van der Waals surface area contributed by atoms with Crippen LogP contribution in [0.25, 0.3) is 0 Å². The molecule has 0 radical (unpaired) electrons. The number of nitrogens with zero attached hydrogens (tertiary/aromatic N) is 1. The van der Waals surface area contributed by atoms with Crippen molar-refractivity contribution >= 4 is 17.1 Å². The minimum atomic E-state index is -0.969. The summed E-state index contributed by atoms with van der Waals surface area (Å²) in [7, 11) is 0. The van der Waals surface area contributed by atoms with E-state index in [0.29, 0.717) is 5.56 Å². The van der Waals surface area contributed by atoms with E-state index in [1.807, 2.05) is 0 Å². The molecule has 98 valence electrons. The number of benzene rings is 2. The van der Waals surface area contributed by atoms with Gasteiger partial charge in [0.2, 0.25) is 5.82 Å². The first-order valence-electron chi connectivity index (χ1n) is 5.45. The van der Waals surface area contributed by atoms with Gasteiger partial charge in [-0.15, -0.1) is 0 Å². The third-order valence-electron chi connectivity index (χ3n) is 2.65. The maximum absolute atomic E-state index is 13.6. The lowest BCUT2D eigenvalue weighted by atomic mass is 10.1. The van der Waals surface area contributed by atoms with Crippen LogP contribution in [-0.4, -0.2) is 4.92 Å². The number of nitro benzene ring substituents is 1. The summed E-state index contributed by atoms with van der Waals surface area (Å²) in [4.78, 5) is 10.00. The average molecular weight is 264 g/mol. The Morgan fingerprint density at radius 1 is 1.11 bits per heavy atom. The Labute approximate surface area is 107 Å². The summed E-state index contributed by atoms with van der Waals surface area (Å²) in [6, 6.07) is 8.03. The highest BCUT2D eigenvalue weighted by Crippen LogP contribution is 2.32. The normalized spacial score (nSPS) is 10.3. The molecule has 0 fully saturated rings. The molecule has 0 atom stereocenters. The monoisotopic (exact) mass is 264 g/mol. The zero-order chi connectivity index (χ0) is 14.0. The van der Waals surface area contributed by atoms with Crippen LogP contribution in [0.2, 0.25) is 0 Å². The van der Waals surface area contributed by atoms with Gasteiger partial charge in [-0.05, 0) is 30.7 Å². The van der Waals surface area contributed by atoms with E-state index in [2.05, 4.69) is 5.32 Å². The molecule has 0 heterocycles. The van der Waals surface area contributed by atoms with E-state index in [1.165, 1.54) is 24.3 Å². The van der Waals surface area contributed by atoms with Crippen LogP contribution < -0.4 is 5.32 Å². The molecule has 6 heteroatoms. The van der Waals surface area contributed by atoms with Crippen molar-refractivity contribution in [3.63, 3.8) is 0 Å². The molecule has 2 aromatic carbocycles. The van der Waals surface area contributed by atoms with Crippen LogP contribution in [-0.2, 0) is 0 Å². The summed E-state index contributed by atoms with van der Waals surface area (Å²) < 4.78 is 27.1. The molecule has 0 bridgehead atoms. The van der Waals surface area contributed by atoms with Crippen molar-refractivity contribution in [2.24, 2.45) is 0 Å². The number of hydrogen-bond acceptors (Lipinski definition) is 3. The Kier molecular flexibility index (Phi) is 3.41. The zero-order valence-electron chi connectivity index (χ0n) is 9.98. The van der Waals surface area contributed by atoms with Gasteiger partial charge in [-0.1, -0.05) is 18.2 Å². The van der Waals surface area contributed by atoms with Crippen LogP contribution >= 0.6 is 0 Å². The molecule has 2 aromatic rings. The predicted octanol–water partition coefficient (Wildman–Crippen LogP) is 3.93. The first-order chi connectivity index (χ1) is 9.00. The van der Waals surface area contributed by atoms with E-state index in [-0.39, 0.29) is 11.4 Å². The third kappa shape index (κ3) is 2.52. The standard InChI is InChI=1S/C13H10F2N2O2/c1-8-4-2-5-9(14)12(8)16-11-7-3-6-10(15)13(11)17(18)19/h2-7,16H,1H3. The van der Waals surface area contributed by atoms with Gasteiger partial charge in [-0.3, -0.25) is 10.1 Å². The Hall–Kier alpha value is -2.50. The van der Waals surface area contributed by atoms with Crippen molar-refractivity contribution in [2.45, 2.75) is 6.92 Å². The van der Waals surface area contributed by atoms with Crippen LogP contribution in [0.15, 0.2) is 36.4 Å². The Bertz CT molecular complexity index is 624. The fourth-order valence-corrected chi connectivity index (χ4v) is 1.73. The van der Waals surface area contributed by atoms with Gasteiger partial charge < -0.3 is 5.32 Å². The molecule has 0 aromatic heterocycles. The number of anilines is 2. The molecule has 2 rings (SSSR count). The largest absolute Gasteiger partial charge is 0.347 e. The Morgan fingerprint density at radius 3 is 2.37 bits per heavy atom. The summed E-state index contributed by atoms with van der Waals surface area (Å²) >= 11 is 0. The number of aryl methyl sites for hydroxylation is 1. The summed E-state index contributed by atoms with van der Waals surface area (Å²) in [6.07, 6.45) is 0. The van der Waals surface area contributed by atoms with Gasteiger partial charge in [0.25, 0.3) is 0 Å². The number of rotatable bonds is 3. The van der Waals surface area contributed by atoms with Gasteiger partial charge in [0.05, 0.1) is 10.6 Å². The quantitative estimate of drug-likeness (QED) is 0.675. The minimum absolute atomic E-state index is 0.0850. The number of nitro groups is 1. The molecule has 1 N–H and O–H groups in total. The molecule has 0 amide bonds. The predicted molar refractivity (Wildman–Crippen MR) is 67.5 cm³/mol. The van der Waals surface area contributed by atoms with E-state index in [4.69, 9.17) is 0 Å². The van der Waals surface area contributed by atoms with Gasteiger partial charge in [0, 0.05) is 0 Å². The molecule has 0 saturated heterocycles. The second kappa shape index (κ2) is 5.01. The molecule has 0 spiro atoms. The minimum Gasteiger partial charge on any atom is -0.347 e. The molecule has 19 heavy (non-hydrogen) atoms. The van der Waals surface area contributed by atoms with Crippen LogP contribution in [0, 0.1) is 28.7 Å². The van der Waals surface area contributed by atoms with Crippen molar-refractivity contribution in [3.8, 4) is 0 Å². The average Bonchev–Trinajstić information content (AvgIpc) is 2.33. The van der Waals surface area contributed by atoms with Crippen molar-refractivity contribution in [3.05, 3.63) is 63.7 Å². The lowest BCUT2D eigenvalue weighted by Crippen LogP contribution is -2.02. The van der Waals surface area contributed by atoms with Crippen molar-refractivity contribution < 1.29 is 13.7 Å². The molecular weight excluding hydrogens is 254 g/mol. The molecule has 0 aliphatic heterocycles. The zero-order valence-corrected chi connectivity index (χ0v) is 9.98. The van der Waals surface area contributed by atoms with E-state index >= 15 is 0 Å². The first-order valence-corrected chi connectivity index (χ1v) is 5.45. The van der Waals surface area contributed by atoms with Crippen LogP contribution in [0.4, 0.5) is 25.8 Å². The van der Waals surface area contributed by atoms with Crippen LogP contribution in [0.5, 0.6) is 0 Å². The number of nitrogens with one attached hydrogen (secondary N) is 1. The third-order valence-corrected chi connectivity index (χ3v) is 2.65. The SMILES string of the molecule is Cc1cccc(F)c1Nc1cccc(F)c1[N+](=O)[O-]. The summed E-state index contributed by atoms with van der Waals surface area (Å²) in [6.45, 7) is 1.65. The van der Waals surface area contributed by atoms with Gasteiger partial charge in [0.15, 0.2) is 0 Å². The summed E-state index contributed by atoms with van der Waals surface area (Å²) in [5, 5.41) is 13.4. The summed E-state index contributed by atoms with van der Waals surface area (Å²) in [5.41, 5.74) is -0.127. The highest BCUT2D eigenvalue weighted by atomic mass is 19.1. The second-order valence-corrected chi connectivity index (χ2v) is 3.95. The molecule has 0 unspecified atom stereocenters. The van der Waals surface area contributed by atoms with E-state index in [1.54, 1.807) is 13.0 Å². The topological polar surface area (TPSA) is 55.2 Å². The van der Waals surface area contributed by atoms with E-state index in [0.717, 1.165) is 6.07 Å². The first kappa shape index (κ1) is 12.9. The van der Waals surface area contributed by atoms with Crippen molar-refractivity contribution in [2.75, 3.05) is 5.32 Å². The fourth-order valence-electron chi connectivity index (χ4n) is 1.73. The molecule has 4 nitrogen and oxygen atoms in total. The Balaban J connectivity index is 2.50. The molecule has 0 aliphatic rings. The van der Waals surface area contributed by atoms with E-state index in [9.17, 15) is 18.9 Å². The van der Waals surface area contributed by atoms with Crippen LogP contribution in [0.3, 0.4) is 0 Å². The van der Waals surface area contributed by atoms with Gasteiger partial charge in [0.1, 0.15) is 11.5 Å². The number of hydrogen-bond donors (Lipinski definition) is 1. The van der Waals surface area contributed by atoms with Gasteiger partial charge in [-0.2, -0.15) is 4.39 Å². The van der Waals surface area contributed by atoms with E-state index < -0.39 is 22.2 Å². The van der Waals surface area contributed by atoms with Crippen molar-refractivity contribution in [1.82, 2.24) is 0 Å². The smallest absolute Gasteiger partial charge is 0.327 e. The summed E-state index contributed by atoms with van der Waals surface area (Å²) in [5.74, 6) is -1.53.